The Morgan fingerprint density at radius 1 is 0.971 bits per heavy atom. The quantitative estimate of drug-likeness (QED) is 0.428. The Morgan fingerprint density at radius 3 is 2.06 bits per heavy atom. The number of carboxylic acids is 1. The first kappa shape index (κ1) is 26.3. The van der Waals surface area contributed by atoms with Crippen LogP contribution in [0.4, 0.5) is 4.79 Å². The first-order chi connectivity index (χ1) is 16.7. The number of fused-ring (bicyclic) bond motifs is 3. The summed E-state index contributed by atoms with van der Waals surface area (Å²) in [5.74, 6) is -1.50. The van der Waals surface area contributed by atoms with Crippen molar-refractivity contribution in [1.82, 2.24) is 10.6 Å². The molecule has 2 aromatic rings. The molecule has 1 aliphatic carbocycles. The molecule has 35 heavy (non-hydrogen) atoms. The third-order valence-corrected chi connectivity index (χ3v) is 7.03. The molecule has 0 saturated carbocycles. The molecule has 3 N–H and O–H groups in total. The number of benzene rings is 2. The zero-order valence-electron chi connectivity index (χ0n) is 20.9. The zero-order valence-corrected chi connectivity index (χ0v) is 20.9. The van der Waals surface area contributed by atoms with E-state index >= 15 is 0 Å². The van der Waals surface area contributed by atoms with Gasteiger partial charge in [0.1, 0.15) is 12.6 Å². The molecule has 188 valence electrons. The van der Waals surface area contributed by atoms with Crippen LogP contribution < -0.4 is 10.6 Å². The summed E-state index contributed by atoms with van der Waals surface area (Å²) in [4.78, 5) is 36.9. The van der Waals surface area contributed by atoms with Gasteiger partial charge in [-0.1, -0.05) is 82.6 Å². The Hall–Kier alpha value is -3.35. The van der Waals surface area contributed by atoms with E-state index in [0.29, 0.717) is 6.42 Å². The van der Waals surface area contributed by atoms with Crippen LogP contribution in [0.15, 0.2) is 48.5 Å². The van der Waals surface area contributed by atoms with Crippen LogP contribution in [-0.2, 0) is 14.3 Å². The molecule has 7 nitrogen and oxygen atoms in total. The number of amides is 2. The highest BCUT2D eigenvalue weighted by Gasteiger charge is 2.31. The lowest BCUT2D eigenvalue weighted by molar-refractivity contribution is -0.138. The van der Waals surface area contributed by atoms with Gasteiger partial charge in [-0.2, -0.15) is 0 Å². The van der Waals surface area contributed by atoms with E-state index in [9.17, 15) is 14.4 Å². The van der Waals surface area contributed by atoms with E-state index in [-0.39, 0.29) is 49.2 Å². The second-order valence-corrected chi connectivity index (χ2v) is 9.68. The fourth-order valence-corrected chi connectivity index (χ4v) is 4.58. The SMILES string of the molecule is CCC(C)[C@H](NC(=O)OCC1c2ccccc2-c2ccccc21)C(=O)NCC(CC(=O)O)C(C)C. The van der Waals surface area contributed by atoms with E-state index in [1.165, 1.54) is 0 Å². The van der Waals surface area contributed by atoms with Crippen molar-refractivity contribution >= 4 is 18.0 Å². The predicted molar refractivity (Wildman–Crippen MR) is 135 cm³/mol. The average molecular weight is 481 g/mol. The molecule has 0 spiro atoms. The average Bonchev–Trinajstić information content (AvgIpc) is 3.16. The summed E-state index contributed by atoms with van der Waals surface area (Å²) < 4.78 is 5.62. The molecule has 3 atom stereocenters. The molecular formula is C28H36N2O5. The maximum Gasteiger partial charge on any atom is 0.407 e. The molecule has 0 aliphatic heterocycles. The Labute approximate surface area is 207 Å². The molecular weight excluding hydrogens is 444 g/mol. The number of carbonyl (C=O) groups excluding carboxylic acids is 2. The van der Waals surface area contributed by atoms with Gasteiger partial charge in [0.15, 0.2) is 0 Å². The van der Waals surface area contributed by atoms with Crippen molar-refractivity contribution in [2.75, 3.05) is 13.2 Å². The van der Waals surface area contributed by atoms with E-state index in [2.05, 4.69) is 34.9 Å². The summed E-state index contributed by atoms with van der Waals surface area (Å²) in [5, 5.41) is 14.7. The fourth-order valence-electron chi connectivity index (χ4n) is 4.58. The van der Waals surface area contributed by atoms with Gasteiger partial charge in [-0.15, -0.1) is 0 Å². The lowest BCUT2D eigenvalue weighted by Crippen LogP contribution is -2.51. The van der Waals surface area contributed by atoms with E-state index in [0.717, 1.165) is 22.3 Å². The number of hydrogen-bond acceptors (Lipinski definition) is 4. The second-order valence-electron chi connectivity index (χ2n) is 9.68. The van der Waals surface area contributed by atoms with E-state index in [4.69, 9.17) is 9.84 Å². The topological polar surface area (TPSA) is 105 Å². The standard InChI is InChI=1S/C28H36N2O5/c1-5-18(4)26(27(33)29-15-19(17(2)3)14-25(31)32)30-28(34)35-16-24-22-12-8-6-10-20(22)21-11-7-9-13-23(21)24/h6-13,17-19,24,26H,5,14-16H2,1-4H3,(H,29,33)(H,30,34)(H,31,32)/t18?,19?,26-/m0/s1. The molecule has 0 radical (unpaired) electrons. The molecule has 0 heterocycles. The highest BCUT2D eigenvalue weighted by atomic mass is 16.5. The summed E-state index contributed by atoms with van der Waals surface area (Å²) in [6.07, 6.45) is 0.0224. The number of nitrogens with one attached hydrogen (secondary N) is 2. The lowest BCUT2D eigenvalue weighted by atomic mass is 9.92. The molecule has 2 amide bonds. The Bertz CT molecular complexity index is 1010. The first-order valence-electron chi connectivity index (χ1n) is 12.3. The Morgan fingerprint density at radius 2 is 1.54 bits per heavy atom. The van der Waals surface area contributed by atoms with Crippen molar-refractivity contribution in [1.29, 1.82) is 0 Å². The van der Waals surface area contributed by atoms with Crippen LogP contribution in [0.25, 0.3) is 11.1 Å². The number of carbonyl (C=O) groups is 3. The zero-order chi connectivity index (χ0) is 25.5. The van der Waals surface area contributed by atoms with Crippen molar-refractivity contribution in [3.8, 4) is 11.1 Å². The molecule has 0 saturated heterocycles. The van der Waals surface area contributed by atoms with Crippen LogP contribution in [0.5, 0.6) is 0 Å². The van der Waals surface area contributed by atoms with Crippen molar-refractivity contribution in [2.45, 2.75) is 52.5 Å². The van der Waals surface area contributed by atoms with Crippen molar-refractivity contribution < 1.29 is 24.2 Å². The van der Waals surface area contributed by atoms with Gasteiger partial charge in [-0.25, -0.2) is 4.79 Å². The van der Waals surface area contributed by atoms with Crippen LogP contribution >= 0.6 is 0 Å². The van der Waals surface area contributed by atoms with Gasteiger partial charge in [-0.05, 0) is 40.0 Å². The maximum atomic E-state index is 13.0. The molecule has 0 bridgehead atoms. The van der Waals surface area contributed by atoms with Gasteiger partial charge in [0.2, 0.25) is 5.91 Å². The van der Waals surface area contributed by atoms with Crippen LogP contribution in [0, 0.1) is 17.8 Å². The molecule has 3 rings (SSSR count). The van der Waals surface area contributed by atoms with E-state index < -0.39 is 18.1 Å². The number of alkyl carbamates (subject to hydrolysis) is 1. The highest BCUT2D eigenvalue weighted by molar-refractivity contribution is 5.86. The number of hydrogen-bond donors (Lipinski definition) is 3. The number of rotatable bonds is 11. The number of ether oxygens (including phenoxy) is 1. The maximum absolute atomic E-state index is 13.0. The van der Waals surface area contributed by atoms with Crippen molar-refractivity contribution in [3.05, 3.63) is 59.7 Å². The summed E-state index contributed by atoms with van der Waals surface area (Å²) in [5.41, 5.74) is 4.54. The summed E-state index contributed by atoms with van der Waals surface area (Å²) in [6.45, 7) is 8.11. The second kappa shape index (κ2) is 11.9. The minimum atomic E-state index is -0.895. The third-order valence-electron chi connectivity index (χ3n) is 7.03. The number of carboxylic acid groups (broad SMARTS) is 1. The van der Waals surface area contributed by atoms with Crippen molar-refractivity contribution in [3.63, 3.8) is 0 Å². The monoisotopic (exact) mass is 480 g/mol. The highest BCUT2D eigenvalue weighted by Crippen LogP contribution is 2.44. The normalized spacial score (nSPS) is 15.0. The van der Waals surface area contributed by atoms with Crippen LogP contribution in [-0.4, -0.2) is 42.3 Å². The van der Waals surface area contributed by atoms with Gasteiger partial charge in [0.25, 0.3) is 0 Å². The Kier molecular flexibility index (Phi) is 8.90. The summed E-state index contributed by atoms with van der Waals surface area (Å²) in [6, 6.07) is 15.5. The van der Waals surface area contributed by atoms with E-state index in [1.807, 2.05) is 52.0 Å². The summed E-state index contributed by atoms with van der Waals surface area (Å²) in [7, 11) is 0. The third kappa shape index (κ3) is 6.41. The minimum absolute atomic E-state index is 0.0221. The van der Waals surface area contributed by atoms with Crippen molar-refractivity contribution in [2.24, 2.45) is 17.8 Å². The van der Waals surface area contributed by atoms with Gasteiger partial charge in [0.05, 0.1) is 6.42 Å². The minimum Gasteiger partial charge on any atom is -0.481 e. The summed E-state index contributed by atoms with van der Waals surface area (Å²) >= 11 is 0. The molecule has 1 aliphatic rings. The molecule has 0 fully saturated rings. The van der Waals surface area contributed by atoms with Crippen LogP contribution in [0.2, 0.25) is 0 Å². The smallest absolute Gasteiger partial charge is 0.407 e. The molecule has 7 heteroatoms. The van der Waals surface area contributed by atoms with E-state index in [1.54, 1.807) is 0 Å². The Balaban J connectivity index is 1.63. The predicted octanol–water partition coefficient (Wildman–Crippen LogP) is 4.80. The molecule has 2 aromatic carbocycles. The van der Waals surface area contributed by atoms with Gasteiger partial charge < -0.3 is 20.5 Å². The first-order valence-corrected chi connectivity index (χ1v) is 12.3. The van der Waals surface area contributed by atoms with Crippen LogP contribution in [0.1, 0.15) is 57.6 Å². The van der Waals surface area contributed by atoms with Crippen LogP contribution in [0.3, 0.4) is 0 Å². The molecule has 2 unspecified atom stereocenters. The fraction of sp³-hybridized carbons (Fsp3) is 0.464. The van der Waals surface area contributed by atoms with Gasteiger partial charge >= 0.3 is 12.1 Å². The largest absolute Gasteiger partial charge is 0.481 e. The van der Waals surface area contributed by atoms with Gasteiger partial charge in [-0.3, -0.25) is 9.59 Å². The molecule has 0 aromatic heterocycles. The lowest BCUT2D eigenvalue weighted by Gasteiger charge is -2.26. The number of aliphatic carboxylic acids is 1. The van der Waals surface area contributed by atoms with Gasteiger partial charge in [0, 0.05) is 12.5 Å².